The largest absolute Gasteiger partial charge is 0.355 e. The summed E-state index contributed by atoms with van der Waals surface area (Å²) in [6.45, 7) is 6.30. The predicted octanol–water partition coefficient (Wildman–Crippen LogP) is 3.09. The molecule has 6 nitrogen and oxygen atoms in total. The monoisotopic (exact) mass is 447 g/mol. The van der Waals surface area contributed by atoms with Crippen molar-refractivity contribution in [2.75, 3.05) is 7.05 Å². The molecule has 1 aliphatic carbocycles. The number of carbonyl (C=O) groups is 3. The van der Waals surface area contributed by atoms with Crippen molar-refractivity contribution in [2.45, 2.75) is 58.7 Å². The Morgan fingerprint density at radius 3 is 2.27 bits per heavy atom. The molecule has 2 aromatic carbocycles. The molecule has 2 atom stereocenters. The number of piperazine rings is 1. The second kappa shape index (κ2) is 9.00. The summed E-state index contributed by atoms with van der Waals surface area (Å²) in [5.74, 6) is -0.347. The van der Waals surface area contributed by atoms with Crippen molar-refractivity contribution < 1.29 is 14.4 Å². The molecular weight excluding hydrogens is 414 g/mol. The van der Waals surface area contributed by atoms with Gasteiger partial charge in [0.2, 0.25) is 11.8 Å². The van der Waals surface area contributed by atoms with E-state index in [9.17, 15) is 14.4 Å². The van der Waals surface area contributed by atoms with E-state index in [2.05, 4.69) is 22.8 Å². The molecule has 1 aliphatic heterocycles. The number of benzene rings is 2. The van der Waals surface area contributed by atoms with Gasteiger partial charge in [0.15, 0.2) is 0 Å². The van der Waals surface area contributed by atoms with Gasteiger partial charge in [0.1, 0.15) is 12.1 Å². The minimum atomic E-state index is -0.604. The molecule has 4 rings (SSSR count). The molecule has 1 fully saturated rings. The second-order valence-corrected chi connectivity index (χ2v) is 9.87. The maximum atomic E-state index is 13.9. The van der Waals surface area contributed by atoms with Gasteiger partial charge < -0.3 is 15.5 Å². The topological polar surface area (TPSA) is 78.5 Å². The molecule has 0 aromatic heterocycles. The molecule has 6 heteroatoms. The van der Waals surface area contributed by atoms with E-state index in [1.54, 1.807) is 18.0 Å². The third kappa shape index (κ3) is 4.26. The van der Waals surface area contributed by atoms with Crippen molar-refractivity contribution >= 4 is 17.7 Å². The fourth-order valence-electron chi connectivity index (χ4n) is 5.23. The molecule has 2 N–H and O–H groups in total. The lowest BCUT2D eigenvalue weighted by atomic mass is 9.77. The van der Waals surface area contributed by atoms with E-state index < -0.39 is 17.5 Å². The zero-order valence-electron chi connectivity index (χ0n) is 19.9. The Kier molecular flexibility index (Phi) is 6.28. The summed E-state index contributed by atoms with van der Waals surface area (Å²) >= 11 is 0. The van der Waals surface area contributed by atoms with E-state index in [4.69, 9.17) is 0 Å². The van der Waals surface area contributed by atoms with Crippen molar-refractivity contribution in [3.8, 4) is 0 Å². The molecule has 0 saturated carbocycles. The van der Waals surface area contributed by atoms with E-state index in [0.717, 1.165) is 24.8 Å². The Hall–Kier alpha value is -3.15. The van der Waals surface area contributed by atoms with Crippen molar-refractivity contribution in [3.05, 3.63) is 70.8 Å². The number of carbonyl (C=O) groups excluding carboxylic acids is 3. The van der Waals surface area contributed by atoms with E-state index in [-0.39, 0.29) is 30.2 Å². The molecule has 1 saturated heterocycles. The third-order valence-electron chi connectivity index (χ3n) is 7.44. The lowest BCUT2D eigenvalue weighted by Crippen LogP contribution is -2.68. The van der Waals surface area contributed by atoms with Gasteiger partial charge >= 0.3 is 0 Å². The van der Waals surface area contributed by atoms with Gasteiger partial charge in [-0.15, -0.1) is 0 Å². The Labute approximate surface area is 195 Å². The number of hydrogen-bond acceptors (Lipinski definition) is 3. The highest BCUT2D eigenvalue weighted by atomic mass is 16.2. The number of rotatable bonds is 6. The summed E-state index contributed by atoms with van der Waals surface area (Å²) in [6, 6.07) is 14.4. The molecule has 33 heavy (non-hydrogen) atoms. The first-order valence-electron chi connectivity index (χ1n) is 11.7. The lowest BCUT2D eigenvalue weighted by molar-refractivity contribution is -0.156. The van der Waals surface area contributed by atoms with E-state index in [0.29, 0.717) is 5.56 Å². The molecule has 2 unspecified atom stereocenters. The fourth-order valence-corrected chi connectivity index (χ4v) is 5.23. The average molecular weight is 448 g/mol. The molecule has 1 heterocycles. The summed E-state index contributed by atoms with van der Waals surface area (Å²) in [5.41, 5.74) is 3.35. The maximum Gasteiger partial charge on any atom is 0.251 e. The van der Waals surface area contributed by atoms with Gasteiger partial charge in [-0.1, -0.05) is 63.2 Å². The summed E-state index contributed by atoms with van der Waals surface area (Å²) in [4.78, 5) is 41.6. The molecule has 0 spiro atoms. The quantitative estimate of drug-likeness (QED) is 0.714. The van der Waals surface area contributed by atoms with Gasteiger partial charge in [-0.2, -0.15) is 0 Å². The van der Waals surface area contributed by atoms with E-state index >= 15 is 0 Å². The summed E-state index contributed by atoms with van der Waals surface area (Å²) in [7, 11) is 1.59. The molecule has 0 bridgehead atoms. The highest BCUT2D eigenvalue weighted by Gasteiger charge is 2.49. The Morgan fingerprint density at radius 1 is 1.06 bits per heavy atom. The summed E-state index contributed by atoms with van der Waals surface area (Å²) in [5, 5.41) is 5.76. The second-order valence-electron chi connectivity index (χ2n) is 9.87. The van der Waals surface area contributed by atoms with Crippen LogP contribution in [0.2, 0.25) is 0 Å². The van der Waals surface area contributed by atoms with Crippen LogP contribution in [0.25, 0.3) is 0 Å². The smallest absolute Gasteiger partial charge is 0.251 e. The minimum absolute atomic E-state index is 0.0289. The average Bonchev–Trinajstić information content (AvgIpc) is 3.25. The number of fused-ring (bicyclic) bond motifs is 1. The number of nitrogens with one attached hydrogen (secondary N) is 2. The number of hydrogen-bond donors (Lipinski definition) is 2. The van der Waals surface area contributed by atoms with Gasteiger partial charge in [0.05, 0.1) is 0 Å². The Bertz CT molecular complexity index is 1050. The van der Waals surface area contributed by atoms with Gasteiger partial charge in [-0.3, -0.25) is 14.4 Å². The highest BCUT2D eigenvalue weighted by molar-refractivity contribution is 5.98. The van der Waals surface area contributed by atoms with Crippen molar-refractivity contribution in [1.29, 1.82) is 0 Å². The Balaban J connectivity index is 1.69. The van der Waals surface area contributed by atoms with Crippen LogP contribution in [0.4, 0.5) is 0 Å². The van der Waals surface area contributed by atoms with Gasteiger partial charge in [0, 0.05) is 19.2 Å². The van der Waals surface area contributed by atoms with Crippen LogP contribution in [-0.4, -0.2) is 41.8 Å². The molecular formula is C27H33N3O3. The third-order valence-corrected chi connectivity index (χ3v) is 7.44. The van der Waals surface area contributed by atoms with Crippen LogP contribution in [0.1, 0.15) is 54.2 Å². The van der Waals surface area contributed by atoms with Crippen LogP contribution in [0.5, 0.6) is 0 Å². The summed E-state index contributed by atoms with van der Waals surface area (Å²) < 4.78 is 0. The van der Waals surface area contributed by atoms with Crippen molar-refractivity contribution in [2.24, 2.45) is 11.3 Å². The predicted molar refractivity (Wildman–Crippen MR) is 128 cm³/mol. The van der Waals surface area contributed by atoms with Crippen LogP contribution < -0.4 is 10.6 Å². The zero-order valence-corrected chi connectivity index (χ0v) is 19.9. The summed E-state index contributed by atoms with van der Waals surface area (Å²) in [6.07, 6.45) is 2.29. The van der Waals surface area contributed by atoms with Crippen molar-refractivity contribution in [1.82, 2.24) is 15.5 Å². The first-order chi connectivity index (χ1) is 15.8. The highest BCUT2D eigenvalue weighted by Crippen LogP contribution is 2.36. The minimum Gasteiger partial charge on any atom is -0.355 e. The maximum absolute atomic E-state index is 13.9. The van der Waals surface area contributed by atoms with Crippen LogP contribution in [0, 0.1) is 11.3 Å². The first kappa shape index (κ1) is 23.0. The van der Waals surface area contributed by atoms with Gasteiger partial charge in [-0.05, 0) is 53.4 Å². The van der Waals surface area contributed by atoms with Crippen molar-refractivity contribution in [3.63, 3.8) is 0 Å². The first-order valence-corrected chi connectivity index (χ1v) is 11.7. The van der Waals surface area contributed by atoms with Gasteiger partial charge in [-0.25, -0.2) is 0 Å². The fraction of sp³-hybridized carbons (Fsp3) is 0.444. The lowest BCUT2D eigenvalue weighted by Gasteiger charge is -2.47. The molecule has 174 valence electrons. The van der Waals surface area contributed by atoms with Crippen LogP contribution in [0.15, 0.2) is 48.5 Å². The normalized spacial score (nSPS) is 21.0. The molecule has 2 aliphatic rings. The molecule has 3 amide bonds. The van der Waals surface area contributed by atoms with E-state index in [1.807, 2.05) is 51.1 Å². The SMILES string of the molecule is CCC(C)(C)C1C(=O)NC(C2Cc3ccccc3C2)C(=O)N1Cc1ccccc1C(=O)NC. The van der Waals surface area contributed by atoms with Crippen LogP contribution in [0.3, 0.4) is 0 Å². The van der Waals surface area contributed by atoms with E-state index in [1.165, 1.54) is 11.1 Å². The van der Waals surface area contributed by atoms with Gasteiger partial charge in [0.25, 0.3) is 5.91 Å². The Morgan fingerprint density at radius 2 is 1.67 bits per heavy atom. The zero-order chi connectivity index (χ0) is 23.8. The molecule has 0 radical (unpaired) electrons. The van der Waals surface area contributed by atoms with Crippen LogP contribution >= 0.6 is 0 Å². The van der Waals surface area contributed by atoms with Crippen LogP contribution in [-0.2, 0) is 29.0 Å². The molecule has 2 aromatic rings. The number of amides is 3. The number of nitrogens with zero attached hydrogens (tertiary/aromatic N) is 1. The standard InChI is InChI=1S/C27H33N3O3/c1-5-27(2,3)23-25(32)29-22(20-14-17-10-6-7-11-18(17)15-20)26(33)30(23)16-19-12-8-9-13-21(19)24(31)28-4/h6-13,20,22-23H,5,14-16H2,1-4H3,(H,28,31)(H,29,32).